The molecule has 0 aromatic carbocycles. The lowest BCUT2D eigenvalue weighted by atomic mass is 10.1. The molecule has 0 radical (unpaired) electrons. The van der Waals surface area contributed by atoms with Crippen LogP contribution in [-0.4, -0.2) is 4.98 Å². The van der Waals surface area contributed by atoms with Crippen LogP contribution in [0.1, 0.15) is 30.8 Å². The topological polar surface area (TPSA) is 12.9 Å². The largest absolute Gasteiger partial charge is 0.249 e. The molecule has 2 rings (SSSR count). The van der Waals surface area contributed by atoms with Gasteiger partial charge in [0.15, 0.2) is 0 Å². The minimum absolute atomic E-state index is 1.15. The lowest BCUT2D eigenvalue weighted by molar-refractivity contribution is 1.02. The SMILES string of the molecule is CC(C)=C1CCc2ncsc21. The molecule has 1 aromatic heterocycles. The van der Waals surface area contributed by atoms with Crippen molar-refractivity contribution < 1.29 is 0 Å². The molecule has 1 nitrogen and oxygen atoms in total. The molecule has 0 saturated heterocycles. The monoisotopic (exact) mass is 165 g/mol. The predicted octanol–water partition coefficient (Wildman–Crippen LogP) is 2.88. The second kappa shape index (κ2) is 2.45. The van der Waals surface area contributed by atoms with Gasteiger partial charge >= 0.3 is 0 Å². The number of thiazole rings is 1. The summed E-state index contributed by atoms with van der Waals surface area (Å²) in [6.45, 7) is 4.37. The van der Waals surface area contributed by atoms with E-state index >= 15 is 0 Å². The summed E-state index contributed by atoms with van der Waals surface area (Å²) in [5, 5.41) is 0. The van der Waals surface area contributed by atoms with Crippen molar-refractivity contribution in [3.05, 3.63) is 21.7 Å². The summed E-state index contributed by atoms with van der Waals surface area (Å²) in [6.07, 6.45) is 2.36. The molecule has 1 aliphatic carbocycles. The van der Waals surface area contributed by atoms with Crippen LogP contribution in [-0.2, 0) is 6.42 Å². The van der Waals surface area contributed by atoms with Gasteiger partial charge in [-0.3, -0.25) is 0 Å². The van der Waals surface area contributed by atoms with Crippen molar-refractivity contribution in [2.45, 2.75) is 26.7 Å². The second-order valence-electron chi connectivity index (χ2n) is 3.11. The molecular formula is C9H11NS. The minimum Gasteiger partial charge on any atom is -0.249 e. The first-order valence-electron chi connectivity index (χ1n) is 3.88. The third-order valence-corrected chi connectivity index (χ3v) is 3.06. The Morgan fingerprint density at radius 1 is 1.45 bits per heavy atom. The van der Waals surface area contributed by atoms with Crippen LogP contribution in [0.4, 0.5) is 0 Å². The summed E-state index contributed by atoms with van der Waals surface area (Å²) in [5.74, 6) is 0. The van der Waals surface area contributed by atoms with E-state index in [9.17, 15) is 0 Å². The van der Waals surface area contributed by atoms with Gasteiger partial charge in [0.05, 0.1) is 16.1 Å². The molecule has 0 N–H and O–H groups in total. The van der Waals surface area contributed by atoms with Gasteiger partial charge in [0.1, 0.15) is 0 Å². The van der Waals surface area contributed by atoms with E-state index in [-0.39, 0.29) is 0 Å². The van der Waals surface area contributed by atoms with Crippen molar-refractivity contribution in [3.8, 4) is 0 Å². The van der Waals surface area contributed by atoms with E-state index in [1.165, 1.54) is 28.1 Å². The fraction of sp³-hybridized carbons (Fsp3) is 0.444. The maximum atomic E-state index is 4.31. The minimum atomic E-state index is 1.15. The maximum absolute atomic E-state index is 4.31. The van der Waals surface area contributed by atoms with Crippen molar-refractivity contribution in [1.29, 1.82) is 0 Å². The molecule has 0 amide bonds. The smallest absolute Gasteiger partial charge is 0.0801 e. The summed E-state index contributed by atoms with van der Waals surface area (Å²) in [4.78, 5) is 5.75. The highest BCUT2D eigenvalue weighted by molar-refractivity contribution is 7.11. The predicted molar refractivity (Wildman–Crippen MR) is 48.7 cm³/mol. The Labute approximate surface area is 70.8 Å². The number of aromatic nitrogens is 1. The van der Waals surface area contributed by atoms with Gasteiger partial charge < -0.3 is 0 Å². The quantitative estimate of drug-likeness (QED) is 0.576. The standard InChI is InChI=1S/C9H11NS/c1-6(2)7-3-4-8-9(7)11-5-10-8/h5H,3-4H2,1-2H3. The van der Waals surface area contributed by atoms with Crippen LogP contribution in [0.3, 0.4) is 0 Å². The zero-order valence-electron chi connectivity index (χ0n) is 6.85. The fourth-order valence-electron chi connectivity index (χ4n) is 1.53. The van der Waals surface area contributed by atoms with Crippen LogP contribution in [0.5, 0.6) is 0 Å². The molecule has 0 atom stereocenters. The van der Waals surface area contributed by atoms with E-state index in [0.717, 1.165) is 6.42 Å². The van der Waals surface area contributed by atoms with E-state index in [1.807, 2.05) is 5.51 Å². The van der Waals surface area contributed by atoms with Crippen LogP contribution in [0, 0.1) is 0 Å². The number of hydrogen-bond acceptors (Lipinski definition) is 2. The summed E-state index contributed by atoms with van der Waals surface area (Å²) >= 11 is 1.78. The van der Waals surface area contributed by atoms with Crippen LogP contribution in [0.15, 0.2) is 11.1 Å². The Bertz CT molecular complexity index is 305. The number of allylic oxidation sites excluding steroid dienone is 2. The Morgan fingerprint density at radius 2 is 2.27 bits per heavy atom. The zero-order chi connectivity index (χ0) is 7.84. The fourth-order valence-corrected chi connectivity index (χ4v) is 2.55. The van der Waals surface area contributed by atoms with E-state index in [2.05, 4.69) is 18.8 Å². The third-order valence-electron chi connectivity index (χ3n) is 2.13. The normalized spacial score (nSPS) is 15.3. The number of rotatable bonds is 0. The molecule has 2 heteroatoms. The average Bonchev–Trinajstić information content (AvgIpc) is 2.41. The van der Waals surface area contributed by atoms with E-state index in [1.54, 1.807) is 11.3 Å². The molecular weight excluding hydrogens is 154 g/mol. The number of nitrogens with zero attached hydrogens (tertiary/aromatic N) is 1. The number of hydrogen-bond donors (Lipinski definition) is 0. The molecule has 0 fully saturated rings. The molecule has 0 aliphatic heterocycles. The lowest BCUT2D eigenvalue weighted by Gasteiger charge is -1.97. The molecule has 11 heavy (non-hydrogen) atoms. The van der Waals surface area contributed by atoms with E-state index in [4.69, 9.17) is 0 Å². The van der Waals surface area contributed by atoms with Crippen molar-refractivity contribution in [1.82, 2.24) is 4.98 Å². The highest BCUT2D eigenvalue weighted by Gasteiger charge is 2.19. The Hall–Kier alpha value is -0.630. The van der Waals surface area contributed by atoms with Crippen LogP contribution < -0.4 is 0 Å². The van der Waals surface area contributed by atoms with Gasteiger partial charge in [-0.1, -0.05) is 5.57 Å². The third kappa shape index (κ3) is 1.02. The van der Waals surface area contributed by atoms with Gasteiger partial charge in [0.25, 0.3) is 0 Å². The van der Waals surface area contributed by atoms with Crippen LogP contribution >= 0.6 is 11.3 Å². The van der Waals surface area contributed by atoms with Gasteiger partial charge in [-0.05, 0) is 32.3 Å². The Kier molecular flexibility index (Phi) is 1.57. The average molecular weight is 165 g/mol. The maximum Gasteiger partial charge on any atom is 0.0801 e. The second-order valence-corrected chi connectivity index (χ2v) is 3.96. The van der Waals surface area contributed by atoms with Crippen LogP contribution in [0.25, 0.3) is 5.57 Å². The first kappa shape index (κ1) is 7.04. The summed E-state index contributed by atoms with van der Waals surface area (Å²) < 4.78 is 0. The molecule has 0 saturated carbocycles. The molecule has 1 heterocycles. The van der Waals surface area contributed by atoms with Crippen molar-refractivity contribution in [3.63, 3.8) is 0 Å². The highest BCUT2D eigenvalue weighted by atomic mass is 32.1. The van der Waals surface area contributed by atoms with Crippen LogP contribution in [0.2, 0.25) is 0 Å². The molecule has 1 aliphatic rings. The van der Waals surface area contributed by atoms with Gasteiger partial charge in [-0.2, -0.15) is 0 Å². The van der Waals surface area contributed by atoms with E-state index in [0.29, 0.717) is 0 Å². The first-order chi connectivity index (χ1) is 5.29. The molecule has 0 unspecified atom stereocenters. The molecule has 58 valence electrons. The van der Waals surface area contributed by atoms with E-state index < -0.39 is 0 Å². The Balaban J connectivity index is 2.55. The van der Waals surface area contributed by atoms with Gasteiger partial charge in [0.2, 0.25) is 0 Å². The molecule has 1 aromatic rings. The van der Waals surface area contributed by atoms with Gasteiger partial charge in [0, 0.05) is 0 Å². The Morgan fingerprint density at radius 3 is 3.00 bits per heavy atom. The first-order valence-corrected chi connectivity index (χ1v) is 4.76. The van der Waals surface area contributed by atoms with Crippen molar-refractivity contribution in [2.75, 3.05) is 0 Å². The number of fused-ring (bicyclic) bond motifs is 1. The van der Waals surface area contributed by atoms with Crippen molar-refractivity contribution >= 4 is 16.9 Å². The molecule has 0 spiro atoms. The zero-order valence-corrected chi connectivity index (χ0v) is 7.66. The number of aryl methyl sites for hydroxylation is 1. The summed E-state index contributed by atoms with van der Waals surface area (Å²) in [5.41, 5.74) is 6.24. The van der Waals surface area contributed by atoms with Gasteiger partial charge in [-0.15, -0.1) is 11.3 Å². The van der Waals surface area contributed by atoms with Gasteiger partial charge in [-0.25, -0.2) is 4.98 Å². The van der Waals surface area contributed by atoms with Crippen molar-refractivity contribution in [2.24, 2.45) is 0 Å². The molecule has 0 bridgehead atoms. The lowest BCUT2D eigenvalue weighted by Crippen LogP contribution is -1.75. The summed E-state index contributed by atoms with van der Waals surface area (Å²) in [7, 11) is 0. The summed E-state index contributed by atoms with van der Waals surface area (Å²) in [6, 6.07) is 0. The highest BCUT2D eigenvalue weighted by Crippen LogP contribution is 2.36.